The lowest BCUT2D eigenvalue weighted by Gasteiger charge is -2.07. The van der Waals surface area contributed by atoms with Gasteiger partial charge in [0.25, 0.3) is 0 Å². The normalized spacial score (nSPS) is 11.3. The molecule has 3 aromatic carbocycles. The molecule has 0 N–H and O–H groups in total. The van der Waals surface area contributed by atoms with E-state index < -0.39 is 0 Å². The zero-order valence-electron chi connectivity index (χ0n) is 11.1. The number of benzene rings is 3. The van der Waals surface area contributed by atoms with Crippen LogP contribution in [0.3, 0.4) is 0 Å². The van der Waals surface area contributed by atoms with Crippen LogP contribution in [0.4, 0.5) is 0 Å². The molecule has 0 aliphatic rings. The van der Waals surface area contributed by atoms with E-state index in [1.165, 1.54) is 5.39 Å². The van der Waals surface area contributed by atoms with Gasteiger partial charge < -0.3 is 4.57 Å². The fourth-order valence-electron chi connectivity index (χ4n) is 2.82. The van der Waals surface area contributed by atoms with Crippen LogP contribution >= 0.6 is 23.2 Å². The van der Waals surface area contributed by atoms with Crippen LogP contribution < -0.4 is 0 Å². The number of para-hydroxylation sites is 2. The van der Waals surface area contributed by atoms with Gasteiger partial charge in [-0.3, -0.25) is 0 Å². The van der Waals surface area contributed by atoms with Crippen LogP contribution in [0.5, 0.6) is 0 Å². The maximum Gasteiger partial charge on any atom is 0.0613 e. The lowest BCUT2D eigenvalue weighted by atomic mass is 10.1. The molecule has 1 aromatic heterocycles. The van der Waals surface area contributed by atoms with Gasteiger partial charge in [-0.2, -0.15) is 0 Å². The third-order valence-electron chi connectivity index (χ3n) is 3.73. The van der Waals surface area contributed by atoms with Gasteiger partial charge in [0.2, 0.25) is 0 Å². The third kappa shape index (κ3) is 1.93. The quantitative estimate of drug-likeness (QED) is 0.401. The summed E-state index contributed by atoms with van der Waals surface area (Å²) < 4.78 is 2.22. The Morgan fingerprint density at radius 2 is 1.29 bits per heavy atom. The fourth-order valence-corrected chi connectivity index (χ4v) is 3.14. The second kappa shape index (κ2) is 4.80. The fraction of sp³-hybridized carbons (Fsp3) is 0. The highest BCUT2D eigenvalue weighted by Gasteiger charge is 2.13. The van der Waals surface area contributed by atoms with E-state index in [9.17, 15) is 0 Å². The number of nitrogens with zero attached hydrogens (tertiary/aromatic N) is 1. The summed E-state index contributed by atoms with van der Waals surface area (Å²) >= 11 is 12.4. The molecule has 0 bridgehead atoms. The topological polar surface area (TPSA) is 4.93 Å². The minimum atomic E-state index is 0.573. The molecule has 4 aromatic rings. The number of aromatic nitrogens is 1. The lowest BCUT2D eigenvalue weighted by molar-refractivity contribution is 1.18. The zero-order chi connectivity index (χ0) is 14.4. The molecule has 0 aliphatic carbocycles. The first kappa shape index (κ1) is 12.8. The Morgan fingerprint density at radius 3 is 2.10 bits per heavy atom. The van der Waals surface area contributed by atoms with E-state index in [2.05, 4.69) is 28.8 Å². The Bertz CT molecular complexity index is 955. The number of halogens is 2. The standard InChI is InChI=1S/C18H11Cl2N/c19-15-10-14-13-8-4-5-9-17(13)21(18(14)11-16(15)20)12-6-2-1-3-7-12/h1-11H. The van der Waals surface area contributed by atoms with Crippen molar-refractivity contribution in [1.29, 1.82) is 0 Å². The second-order valence-electron chi connectivity index (χ2n) is 4.97. The van der Waals surface area contributed by atoms with Crippen molar-refractivity contribution in [3.05, 3.63) is 76.8 Å². The molecule has 0 saturated heterocycles. The van der Waals surface area contributed by atoms with Crippen LogP contribution in [0.15, 0.2) is 66.7 Å². The van der Waals surface area contributed by atoms with Crippen molar-refractivity contribution in [1.82, 2.24) is 4.57 Å². The Balaban J connectivity index is 2.24. The van der Waals surface area contributed by atoms with Crippen molar-refractivity contribution in [3.63, 3.8) is 0 Å². The van der Waals surface area contributed by atoms with Gasteiger partial charge in [0.1, 0.15) is 0 Å². The Labute approximate surface area is 132 Å². The Hall–Kier alpha value is -1.96. The molecule has 102 valence electrons. The van der Waals surface area contributed by atoms with Crippen LogP contribution in [-0.4, -0.2) is 4.57 Å². The minimum Gasteiger partial charge on any atom is -0.309 e. The van der Waals surface area contributed by atoms with E-state index in [1.807, 2.05) is 42.5 Å². The molecule has 0 saturated carbocycles. The van der Waals surface area contributed by atoms with Crippen molar-refractivity contribution in [3.8, 4) is 5.69 Å². The van der Waals surface area contributed by atoms with Crippen LogP contribution in [0.1, 0.15) is 0 Å². The monoisotopic (exact) mass is 311 g/mol. The summed E-state index contributed by atoms with van der Waals surface area (Å²) in [6.45, 7) is 0. The van der Waals surface area contributed by atoms with E-state index in [4.69, 9.17) is 23.2 Å². The number of rotatable bonds is 1. The average Bonchev–Trinajstić information content (AvgIpc) is 2.82. The molecular weight excluding hydrogens is 301 g/mol. The maximum absolute atomic E-state index is 6.23. The Morgan fingerprint density at radius 1 is 0.619 bits per heavy atom. The van der Waals surface area contributed by atoms with E-state index in [-0.39, 0.29) is 0 Å². The molecule has 1 heterocycles. The summed E-state index contributed by atoms with van der Waals surface area (Å²) in [6.07, 6.45) is 0. The molecule has 1 nitrogen and oxygen atoms in total. The van der Waals surface area contributed by atoms with Crippen molar-refractivity contribution in [2.75, 3.05) is 0 Å². The molecular formula is C18H11Cl2N. The molecule has 3 heteroatoms. The highest BCUT2D eigenvalue weighted by atomic mass is 35.5. The van der Waals surface area contributed by atoms with Gasteiger partial charge in [0.15, 0.2) is 0 Å². The summed E-state index contributed by atoms with van der Waals surface area (Å²) in [5.41, 5.74) is 3.33. The SMILES string of the molecule is Clc1cc2c3ccccc3n(-c3ccccc3)c2cc1Cl. The molecule has 0 radical (unpaired) electrons. The van der Waals surface area contributed by atoms with Crippen LogP contribution in [0.2, 0.25) is 10.0 Å². The maximum atomic E-state index is 6.23. The Kier molecular flexibility index (Phi) is 2.91. The van der Waals surface area contributed by atoms with Gasteiger partial charge in [-0.05, 0) is 30.3 Å². The van der Waals surface area contributed by atoms with Crippen molar-refractivity contribution in [2.45, 2.75) is 0 Å². The van der Waals surface area contributed by atoms with Gasteiger partial charge in [0, 0.05) is 16.5 Å². The largest absolute Gasteiger partial charge is 0.309 e. The molecule has 0 fully saturated rings. The first-order valence-electron chi connectivity index (χ1n) is 6.69. The zero-order valence-corrected chi connectivity index (χ0v) is 12.6. The van der Waals surface area contributed by atoms with E-state index in [1.54, 1.807) is 0 Å². The third-order valence-corrected chi connectivity index (χ3v) is 4.45. The van der Waals surface area contributed by atoms with Crippen molar-refractivity contribution in [2.24, 2.45) is 0 Å². The molecule has 0 spiro atoms. The van der Waals surface area contributed by atoms with Crippen molar-refractivity contribution >= 4 is 45.0 Å². The predicted molar refractivity (Wildman–Crippen MR) is 90.8 cm³/mol. The first-order valence-corrected chi connectivity index (χ1v) is 7.45. The lowest BCUT2D eigenvalue weighted by Crippen LogP contribution is -1.92. The van der Waals surface area contributed by atoms with E-state index in [0.29, 0.717) is 10.0 Å². The minimum absolute atomic E-state index is 0.573. The molecule has 21 heavy (non-hydrogen) atoms. The number of fused-ring (bicyclic) bond motifs is 3. The summed E-state index contributed by atoms with van der Waals surface area (Å²) in [7, 11) is 0. The second-order valence-corrected chi connectivity index (χ2v) is 5.79. The van der Waals surface area contributed by atoms with Crippen molar-refractivity contribution < 1.29 is 0 Å². The summed E-state index contributed by atoms with van der Waals surface area (Å²) in [5.74, 6) is 0. The van der Waals surface area contributed by atoms with Gasteiger partial charge in [0.05, 0.1) is 21.1 Å². The number of hydrogen-bond donors (Lipinski definition) is 0. The van der Waals surface area contributed by atoms with Gasteiger partial charge in [-0.25, -0.2) is 0 Å². The molecule has 0 amide bonds. The van der Waals surface area contributed by atoms with Gasteiger partial charge in [-0.15, -0.1) is 0 Å². The summed E-state index contributed by atoms with van der Waals surface area (Å²) in [4.78, 5) is 0. The highest BCUT2D eigenvalue weighted by Crippen LogP contribution is 2.36. The molecule has 0 aliphatic heterocycles. The smallest absolute Gasteiger partial charge is 0.0613 e. The highest BCUT2D eigenvalue weighted by molar-refractivity contribution is 6.43. The molecule has 0 atom stereocenters. The average molecular weight is 312 g/mol. The van der Waals surface area contributed by atoms with Crippen LogP contribution in [0, 0.1) is 0 Å². The van der Waals surface area contributed by atoms with Crippen LogP contribution in [0.25, 0.3) is 27.5 Å². The van der Waals surface area contributed by atoms with E-state index >= 15 is 0 Å². The summed E-state index contributed by atoms with van der Waals surface area (Å²) in [5, 5.41) is 3.45. The molecule has 4 rings (SSSR count). The van der Waals surface area contributed by atoms with Crippen LogP contribution in [-0.2, 0) is 0 Å². The van der Waals surface area contributed by atoms with Gasteiger partial charge >= 0.3 is 0 Å². The van der Waals surface area contributed by atoms with E-state index in [0.717, 1.165) is 22.1 Å². The predicted octanol–water partition coefficient (Wildman–Crippen LogP) is 6.09. The van der Waals surface area contributed by atoms with Gasteiger partial charge in [-0.1, -0.05) is 59.6 Å². The number of hydrogen-bond acceptors (Lipinski definition) is 0. The first-order chi connectivity index (χ1) is 10.3. The molecule has 0 unspecified atom stereocenters. The summed E-state index contributed by atoms with van der Waals surface area (Å²) in [6, 6.07) is 22.5.